The molecule has 2 heterocycles. The third-order valence-electron chi connectivity index (χ3n) is 2.87. The summed E-state index contributed by atoms with van der Waals surface area (Å²) in [5.74, 6) is 6.14. The normalized spacial score (nSPS) is 10.9. The summed E-state index contributed by atoms with van der Waals surface area (Å²) in [6, 6.07) is 7.61. The van der Waals surface area contributed by atoms with Crippen molar-refractivity contribution in [1.82, 2.24) is 24.5 Å². The Labute approximate surface area is 124 Å². The van der Waals surface area contributed by atoms with Crippen LogP contribution in [0.25, 0.3) is 5.78 Å². The first kappa shape index (κ1) is 13.4. The molecule has 0 aliphatic carbocycles. The van der Waals surface area contributed by atoms with Crippen molar-refractivity contribution in [1.29, 1.82) is 0 Å². The summed E-state index contributed by atoms with van der Waals surface area (Å²) in [4.78, 5) is 12.0. The lowest BCUT2D eigenvalue weighted by atomic mass is 10.2. The number of rotatable bonds is 4. The fraction of sp³-hybridized carbons (Fsp3) is 0.167. The van der Waals surface area contributed by atoms with Gasteiger partial charge in [-0.25, -0.2) is 4.68 Å². The Balaban J connectivity index is 1.65. The largest absolute Gasteiger partial charge is 0.335 e. The number of anilines is 1. The highest BCUT2D eigenvalue weighted by atomic mass is 32.2. The number of aryl methyl sites for hydroxylation is 1. The highest BCUT2D eigenvalue weighted by molar-refractivity contribution is 7.99. The Hall–Kier alpha value is -2.55. The SMILES string of the molecule is Cc1ccccc1NC(=O)CSc1nnc2n(N)cnn12. The van der Waals surface area contributed by atoms with Gasteiger partial charge in [-0.3, -0.25) is 4.79 Å². The van der Waals surface area contributed by atoms with Crippen molar-refractivity contribution in [2.45, 2.75) is 12.1 Å². The Morgan fingerprint density at radius 3 is 3.00 bits per heavy atom. The van der Waals surface area contributed by atoms with Gasteiger partial charge in [0.25, 0.3) is 5.78 Å². The average molecular weight is 303 g/mol. The number of fused-ring (bicyclic) bond motifs is 1. The monoisotopic (exact) mass is 303 g/mol. The topological polar surface area (TPSA) is 103 Å². The molecule has 0 saturated carbocycles. The minimum atomic E-state index is -0.113. The summed E-state index contributed by atoms with van der Waals surface area (Å²) in [6.07, 6.45) is 1.43. The van der Waals surface area contributed by atoms with Gasteiger partial charge in [0.2, 0.25) is 11.1 Å². The molecule has 0 aliphatic heterocycles. The number of benzene rings is 1. The third-order valence-corrected chi connectivity index (χ3v) is 3.79. The zero-order valence-corrected chi connectivity index (χ0v) is 12.0. The van der Waals surface area contributed by atoms with Gasteiger partial charge in [0, 0.05) is 5.69 Å². The maximum Gasteiger partial charge on any atom is 0.273 e. The molecule has 0 aliphatic rings. The standard InChI is InChI=1S/C12H13N7OS/c1-8-4-2-3-5-9(8)15-10(20)6-21-12-17-16-11-18(13)7-14-19(11)12/h2-5,7H,6,13H2,1H3,(H,15,20). The number of carbonyl (C=O) groups is 1. The van der Waals surface area contributed by atoms with E-state index in [2.05, 4.69) is 20.6 Å². The Morgan fingerprint density at radius 2 is 2.19 bits per heavy atom. The van der Waals surface area contributed by atoms with E-state index >= 15 is 0 Å². The molecule has 0 spiro atoms. The molecule has 3 rings (SSSR count). The van der Waals surface area contributed by atoms with Crippen LogP contribution in [0.15, 0.2) is 35.7 Å². The molecule has 0 unspecified atom stereocenters. The lowest BCUT2D eigenvalue weighted by molar-refractivity contribution is -0.113. The maximum atomic E-state index is 12.0. The van der Waals surface area contributed by atoms with Gasteiger partial charge in [-0.15, -0.1) is 10.2 Å². The van der Waals surface area contributed by atoms with Gasteiger partial charge < -0.3 is 11.2 Å². The molecule has 1 amide bonds. The molecule has 0 radical (unpaired) electrons. The number of nitrogens with zero attached hydrogens (tertiary/aromatic N) is 5. The minimum Gasteiger partial charge on any atom is -0.335 e. The second kappa shape index (κ2) is 5.44. The van der Waals surface area contributed by atoms with Gasteiger partial charge in [0.05, 0.1) is 5.75 Å². The van der Waals surface area contributed by atoms with Crippen LogP contribution in [0.5, 0.6) is 0 Å². The number of nitrogens with one attached hydrogen (secondary N) is 1. The molecular formula is C12H13N7OS. The lowest BCUT2D eigenvalue weighted by Crippen LogP contribution is -2.15. The molecule has 8 nitrogen and oxygen atoms in total. The third kappa shape index (κ3) is 2.68. The summed E-state index contributed by atoms with van der Waals surface area (Å²) >= 11 is 1.25. The van der Waals surface area contributed by atoms with Crippen molar-refractivity contribution in [2.24, 2.45) is 0 Å². The van der Waals surface area contributed by atoms with E-state index in [1.54, 1.807) is 0 Å². The Morgan fingerprint density at radius 1 is 1.38 bits per heavy atom. The number of aromatic nitrogens is 5. The number of nitrogens with two attached hydrogens (primary N) is 1. The number of nitrogen functional groups attached to an aromatic ring is 1. The highest BCUT2D eigenvalue weighted by Crippen LogP contribution is 2.17. The molecule has 3 aromatic rings. The second-order valence-electron chi connectivity index (χ2n) is 4.38. The summed E-state index contributed by atoms with van der Waals surface area (Å²) in [5.41, 5.74) is 1.82. The number of carbonyl (C=O) groups excluding carboxylic acids is 1. The quantitative estimate of drug-likeness (QED) is 0.542. The first-order valence-electron chi connectivity index (χ1n) is 6.17. The first-order chi connectivity index (χ1) is 10.1. The van der Waals surface area contributed by atoms with E-state index in [0.717, 1.165) is 11.3 Å². The summed E-state index contributed by atoms with van der Waals surface area (Å²) in [7, 11) is 0. The van der Waals surface area contributed by atoms with Crippen molar-refractivity contribution < 1.29 is 4.79 Å². The van der Waals surface area contributed by atoms with E-state index in [4.69, 9.17) is 5.84 Å². The molecule has 21 heavy (non-hydrogen) atoms. The van der Waals surface area contributed by atoms with Gasteiger partial charge in [-0.2, -0.15) is 9.61 Å². The number of thioether (sulfide) groups is 1. The van der Waals surface area contributed by atoms with Crippen LogP contribution < -0.4 is 11.2 Å². The van der Waals surface area contributed by atoms with Crippen LogP contribution >= 0.6 is 11.8 Å². The number of hydrogen-bond acceptors (Lipinski definition) is 6. The lowest BCUT2D eigenvalue weighted by Gasteiger charge is -2.06. The van der Waals surface area contributed by atoms with Gasteiger partial charge in [0.1, 0.15) is 6.33 Å². The van der Waals surface area contributed by atoms with E-state index < -0.39 is 0 Å². The summed E-state index contributed by atoms with van der Waals surface area (Å²) in [6.45, 7) is 1.94. The fourth-order valence-electron chi connectivity index (χ4n) is 1.80. The molecule has 108 valence electrons. The van der Waals surface area contributed by atoms with Gasteiger partial charge in [0.15, 0.2) is 0 Å². The van der Waals surface area contributed by atoms with E-state index in [1.807, 2.05) is 31.2 Å². The molecular weight excluding hydrogens is 290 g/mol. The van der Waals surface area contributed by atoms with Gasteiger partial charge in [-0.05, 0) is 18.6 Å². The zero-order valence-electron chi connectivity index (χ0n) is 11.2. The minimum absolute atomic E-state index is 0.113. The van der Waals surface area contributed by atoms with Crippen molar-refractivity contribution >= 4 is 29.1 Å². The van der Waals surface area contributed by atoms with Crippen molar-refractivity contribution in [3.05, 3.63) is 36.2 Å². The fourth-order valence-corrected chi connectivity index (χ4v) is 2.48. The number of amides is 1. The van der Waals surface area contributed by atoms with Crippen LogP contribution in [0, 0.1) is 6.92 Å². The van der Waals surface area contributed by atoms with Crippen LogP contribution in [0.3, 0.4) is 0 Å². The van der Waals surface area contributed by atoms with Crippen LogP contribution in [0.2, 0.25) is 0 Å². The highest BCUT2D eigenvalue weighted by Gasteiger charge is 2.12. The smallest absolute Gasteiger partial charge is 0.273 e. The van der Waals surface area contributed by atoms with Crippen LogP contribution in [-0.4, -0.2) is 36.1 Å². The van der Waals surface area contributed by atoms with E-state index in [-0.39, 0.29) is 11.7 Å². The summed E-state index contributed by atoms with van der Waals surface area (Å²) < 4.78 is 2.76. The number of para-hydroxylation sites is 1. The van der Waals surface area contributed by atoms with Crippen molar-refractivity contribution in [3.63, 3.8) is 0 Å². The molecule has 3 N–H and O–H groups in total. The molecule has 0 saturated heterocycles. The number of hydrogen-bond donors (Lipinski definition) is 2. The van der Waals surface area contributed by atoms with E-state index in [9.17, 15) is 4.79 Å². The van der Waals surface area contributed by atoms with Gasteiger partial charge >= 0.3 is 0 Å². The second-order valence-corrected chi connectivity index (χ2v) is 5.33. The Bertz CT molecular complexity index is 794. The molecule has 0 atom stereocenters. The average Bonchev–Trinajstić information content (AvgIpc) is 3.03. The van der Waals surface area contributed by atoms with Crippen LogP contribution in [0.4, 0.5) is 5.69 Å². The summed E-state index contributed by atoms with van der Waals surface area (Å²) in [5, 5.41) is 15.2. The predicted octanol–water partition coefficient (Wildman–Crippen LogP) is 0.679. The molecule has 9 heteroatoms. The Kier molecular flexibility index (Phi) is 3.48. The molecule has 1 aromatic carbocycles. The van der Waals surface area contributed by atoms with Crippen molar-refractivity contribution in [2.75, 3.05) is 16.9 Å². The molecule has 0 bridgehead atoms. The van der Waals surface area contributed by atoms with Gasteiger partial charge in [-0.1, -0.05) is 30.0 Å². The van der Waals surface area contributed by atoms with E-state index in [0.29, 0.717) is 10.9 Å². The molecule has 0 fully saturated rings. The van der Waals surface area contributed by atoms with Crippen LogP contribution in [-0.2, 0) is 4.79 Å². The van der Waals surface area contributed by atoms with Crippen LogP contribution in [0.1, 0.15) is 5.56 Å². The molecule has 2 aromatic heterocycles. The maximum absolute atomic E-state index is 12.0. The zero-order chi connectivity index (χ0) is 14.8. The van der Waals surface area contributed by atoms with E-state index in [1.165, 1.54) is 27.3 Å². The van der Waals surface area contributed by atoms with Crippen molar-refractivity contribution in [3.8, 4) is 0 Å². The first-order valence-corrected chi connectivity index (χ1v) is 7.16. The predicted molar refractivity (Wildman–Crippen MR) is 79.5 cm³/mol.